The molecular weight excluding hydrogens is 330 g/mol. The quantitative estimate of drug-likeness (QED) is 0.620. The molecule has 7 nitrogen and oxygen atoms in total. The number of nitrogens with two attached hydrogens (primary N) is 1. The van der Waals surface area contributed by atoms with Gasteiger partial charge >= 0.3 is 6.03 Å². The molecule has 1 aromatic rings. The molecule has 20 heavy (non-hydrogen) atoms. The number of halogens is 1. The summed E-state index contributed by atoms with van der Waals surface area (Å²) in [5, 5.41) is 3.71. The van der Waals surface area contributed by atoms with E-state index in [4.69, 9.17) is 19.9 Å². The first-order valence-electron chi connectivity index (χ1n) is 5.89. The number of primary amides is 1. The number of ether oxygens (including phenoxy) is 3. The predicted molar refractivity (Wildman–Crippen MR) is 75.6 cm³/mol. The van der Waals surface area contributed by atoms with Gasteiger partial charge in [-0.05, 0) is 18.2 Å². The number of benzene rings is 1. The molecule has 0 aromatic heterocycles. The number of carbonyl (C=O) groups is 1. The van der Waals surface area contributed by atoms with Crippen molar-refractivity contribution in [1.82, 2.24) is 5.43 Å². The number of hydrazone groups is 1. The number of urea groups is 1. The Hall–Kier alpha value is -1.64. The lowest BCUT2D eigenvalue weighted by molar-refractivity contribution is -0.0684. The second-order valence-corrected chi connectivity index (χ2v) is 4.81. The van der Waals surface area contributed by atoms with Gasteiger partial charge in [-0.2, -0.15) is 5.10 Å². The maximum absolute atomic E-state index is 10.6. The van der Waals surface area contributed by atoms with Crippen LogP contribution in [0.4, 0.5) is 4.79 Å². The van der Waals surface area contributed by atoms with Crippen LogP contribution in [0.2, 0.25) is 0 Å². The summed E-state index contributed by atoms with van der Waals surface area (Å²) in [6.45, 7) is 1.43. The Morgan fingerprint density at radius 3 is 3.00 bits per heavy atom. The minimum atomic E-state index is -0.730. The molecule has 2 amide bonds. The number of hydrogen-bond donors (Lipinski definition) is 2. The predicted octanol–water partition coefficient (Wildman–Crippen LogP) is 1.20. The van der Waals surface area contributed by atoms with Crippen LogP contribution in [0.3, 0.4) is 0 Å². The SMILES string of the molecule is NC(=O)NN=Cc1cc(Br)ccc1OCC1OCCO1. The Morgan fingerprint density at radius 1 is 1.55 bits per heavy atom. The molecule has 1 heterocycles. The molecule has 0 saturated carbocycles. The van der Waals surface area contributed by atoms with Gasteiger partial charge in [-0.3, -0.25) is 0 Å². The summed E-state index contributed by atoms with van der Waals surface area (Å²) in [6, 6.07) is 4.69. The van der Waals surface area contributed by atoms with Crippen molar-refractivity contribution in [2.75, 3.05) is 19.8 Å². The van der Waals surface area contributed by atoms with Gasteiger partial charge in [0.15, 0.2) is 6.29 Å². The van der Waals surface area contributed by atoms with Crippen LogP contribution in [0.15, 0.2) is 27.8 Å². The van der Waals surface area contributed by atoms with Gasteiger partial charge in [0.2, 0.25) is 0 Å². The molecule has 3 N–H and O–H groups in total. The molecule has 1 aliphatic heterocycles. The van der Waals surface area contributed by atoms with E-state index in [1.54, 1.807) is 12.1 Å². The van der Waals surface area contributed by atoms with Crippen LogP contribution in [0, 0.1) is 0 Å². The number of nitrogens with one attached hydrogen (secondary N) is 1. The van der Waals surface area contributed by atoms with Crippen LogP contribution in [-0.2, 0) is 9.47 Å². The minimum Gasteiger partial charge on any atom is -0.488 e. The van der Waals surface area contributed by atoms with Crippen molar-refractivity contribution in [2.45, 2.75) is 6.29 Å². The zero-order valence-electron chi connectivity index (χ0n) is 10.5. The minimum absolute atomic E-state index is 0.283. The molecule has 0 atom stereocenters. The Bertz CT molecular complexity index is 503. The van der Waals surface area contributed by atoms with E-state index in [1.807, 2.05) is 6.07 Å². The van der Waals surface area contributed by atoms with Crippen LogP contribution < -0.4 is 15.9 Å². The molecule has 1 saturated heterocycles. The number of rotatable bonds is 5. The average molecular weight is 344 g/mol. The lowest BCUT2D eigenvalue weighted by atomic mass is 10.2. The molecule has 0 spiro atoms. The summed E-state index contributed by atoms with van der Waals surface area (Å²) in [6.07, 6.45) is 1.09. The first-order chi connectivity index (χ1) is 9.65. The monoisotopic (exact) mass is 343 g/mol. The molecular formula is C12H14BrN3O4. The number of nitrogens with zero attached hydrogens (tertiary/aromatic N) is 1. The summed E-state index contributed by atoms with van der Waals surface area (Å²) in [7, 11) is 0. The van der Waals surface area contributed by atoms with Crippen LogP contribution in [0.1, 0.15) is 5.56 Å². The van der Waals surface area contributed by atoms with E-state index in [0.29, 0.717) is 24.5 Å². The van der Waals surface area contributed by atoms with Gasteiger partial charge in [-0.15, -0.1) is 0 Å². The smallest absolute Gasteiger partial charge is 0.332 e. The first-order valence-corrected chi connectivity index (χ1v) is 6.68. The standard InChI is InChI=1S/C12H14BrN3O4/c13-9-1-2-10(20-7-11-18-3-4-19-11)8(5-9)6-15-16-12(14)17/h1-2,5-6,11H,3-4,7H2,(H3,14,16,17). The van der Waals surface area contributed by atoms with E-state index in [2.05, 4.69) is 26.5 Å². The van der Waals surface area contributed by atoms with Crippen molar-refractivity contribution in [1.29, 1.82) is 0 Å². The molecule has 108 valence electrons. The highest BCUT2D eigenvalue weighted by atomic mass is 79.9. The van der Waals surface area contributed by atoms with Gasteiger partial charge in [-0.1, -0.05) is 15.9 Å². The van der Waals surface area contributed by atoms with E-state index in [9.17, 15) is 4.79 Å². The third kappa shape index (κ3) is 4.48. The van der Waals surface area contributed by atoms with Crippen LogP contribution in [-0.4, -0.2) is 38.4 Å². The lowest BCUT2D eigenvalue weighted by Gasteiger charge is -2.13. The fourth-order valence-corrected chi connectivity index (χ4v) is 1.96. The Kier molecular flexibility index (Phi) is 5.33. The highest BCUT2D eigenvalue weighted by Crippen LogP contribution is 2.22. The molecule has 0 aliphatic carbocycles. The molecule has 1 aliphatic rings. The maximum atomic E-state index is 10.6. The number of carbonyl (C=O) groups excluding carboxylic acids is 1. The van der Waals surface area contributed by atoms with Crippen molar-refractivity contribution in [2.24, 2.45) is 10.8 Å². The third-order valence-electron chi connectivity index (χ3n) is 2.42. The maximum Gasteiger partial charge on any atom is 0.332 e. The van der Waals surface area contributed by atoms with E-state index < -0.39 is 6.03 Å². The van der Waals surface area contributed by atoms with Crippen LogP contribution in [0.25, 0.3) is 0 Å². The Balaban J connectivity index is 2.02. The number of amides is 2. The van der Waals surface area contributed by atoms with Crippen molar-refractivity contribution in [3.8, 4) is 5.75 Å². The Morgan fingerprint density at radius 2 is 2.30 bits per heavy atom. The van der Waals surface area contributed by atoms with Gasteiger partial charge in [0.1, 0.15) is 12.4 Å². The van der Waals surface area contributed by atoms with Crippen molar-refractivity contribution in [3.05, 3.63) is 28.2 Å². The van der Waals surface area contributed by atoms with Crippen molar-refractivity contribution >= 4 is 28.2 Å². The fourth-order valence-electron chi connectivity index (χ4n) is 1.58. The molecule has 2 rings (SSSR count). The van der Waals surface area contributed by atoms with Gasteiger partial charge in [0, 0.05) is 10.0 Å². The summed E-state index contributed by atoms with van der Waals surface area (Å²) < 4.78 is 17.1. The molecule has 0 bridgehead atoms. The lowest BCUT2D eigenvalue weighted by Crippen LogP contribution is -2.24. The molecule has 1 aromatic carbocycles. The molecule has 0 radical (unpaired) electrons. The summed E-state index contributed by atoms with van der Waals surface area (Å²) >= 11 is 3.36. The second-order valence-electron chi connectivity index (χ2n) is 3.90. The summed E-state index contributed by atoms with van der Waals surface area (Å²) in [4.78, 5) is 10.6. The normalized spacial score (nSPS) is 15.7. The van der Waals surface area contributed by atoms with E-state index in [1.165, 1.54) is 6.21 Å². The van der Waals surface area contributed by atoms with Crippen molar-refractivity contribution in [3.63, 3.8) is 0 Å². The van der Waals surface area contributed by atoms with Crippen LogP contribution in [0.5, 0.6) is 5.75 Å². The zero-order valence-corrected chi connectivity index (χ0v) is 12.1. The van der Waals surface area contributed by atoms with Gasteiger partial charge < -0.3 is 19.9 Å². The Labute approximate surface area is 124 Å². The fraction of sp³-hybridized carbons (Fsp3) is 0.333. The molecule has 0 unspecified atom stereocenters. The summed E-state index contributed by atoms with van der Waals surface area (Å²) in [5.41, 5.74) is 7.74. The topological polar surface area (TPSA) is 95.2 Å². The summed E-state index contributed by atoms with van der Waals surface area (Å²) in [5.74, 6) is 0.599. The van der Waals surface area contributed by atoms with E-state index in [0.717, 1.165) is 4.47 Å². The highest BCUT2D eigenvalue weighted by Gasteiger charge is 2.17. The average Bonchev–Trinajstić information content (AvgIpc) is 2.90. The van der Waals surface area contributed by atoms with Gasteiger partial charge in [-0.25, -0.2) is 10.2 Å². The third-order valence-corrected chi connectivity index (χ3v) is 2.91. The highest BCUT2D eigenvalue weighted by molar-refractivity contribution is 9.10. The van der Waals surface area contributed by atoms with Gasteiger partial charge in [0.05, 0.1) is 19.4 Å². The molecule has 1 fully saturated rings. The second kappa shape index (κ2) is 7.22. The first kappa shape index (κ1) is 14.8. The number of hydrogen-bond acceptors (Lipinski definition) is 5. The van der Waals surface area contributed by atoms with E-state index >= 15 is 0 Å². The molecule has 8 heteroatoms. The zero-order chi connectivity index (χ0) is 14.4. The van der Waals surface area contributed by atoms with Crippen LogP contribution >= 0.6 is 15.9 Å². The largest absolute Gasteiger partial charge is 0.488 e. The van der Waals surface area contributed by atoms with Crippen molar-refractivity contribution < 1.29 is 19.0 Å². The van der Waals surface area contributed by atoms with E-state index in [-0.39, 0.29) is 12.9 Å². The van der Waals surface area contributed by atoms with Gasteiger partial charge in [0.25, 0.3) is 0 Å².